The third-order valence-electron chi connectivity index (χ3n) is 3.06. The van der Waals surface area contributed by atoms with Crippen LogP contribution in [0.3, 0.4) is 0 Å². The van der Waals surface area contributed by atoms with E-state index in [1.165, 1.54) is 0 Å². The zero-order valence-corrected chi connectivity index (χ0v) is 11.0. The van der Waals surface area contributed by atoms with Gasteiger partial charge in [-0.25, -0.2) is 0 Å². The summed E-state index contributed by atoms with van der Waals surface area (Å²) >= 11 is 0. The maximum atomic E-state index is 11.8. The fourth-order valence-electron chi connectivity index (χ4n) is 1.95. The van der Waals surface area contributed by atoms with Crippen LogP contribution >= 0.6 is 0 Å². The molecule has 0 bridgehead atoms. The normalized spacial score (nSPS) is 24.3. The average molecular weight is 260 g/mol. The molecule has 4 heteroatoms. The molecule has 0 aromatic heterocycles. The summed E-state index contributed by atoms with van der Waals surface area (Å²) in [6, 6.07) is 9.51. The van der Waals surface area contributed by atoms with E-state index < -0.39 is 17.4 Å². The van der Waals surface area contributed by atoms with E-state index in [2.05, 4.69) is 0 Å². The number of carbonyl (C=O) groups excluding carboxylic acids is 2. The number of allylic oxidation sites excluding steroid dienone is 1. The first-order valence-corrected chi connectivity index (χ1v) is 6.21. The highest BCUT2D eigenvalue weighted by atomic mass is 16.6. The Bertz CT molecular complexity index is 518. The summed E-state index contributed by atoms with van der Waals surface area (Å²) in [5.41, 5.74) is -0.296. The fraction of sp³-hybridized carbons (Fsp3) is 0.333. The Hall–Kier alpha value is -2.10. The van der Waals surface area contributed by atoms with Gasteiger partial charge in [0.05, 0.1) is 6.61 Å². The van der Waals surface area contributed by atoms with E-state index in [-0.39, 0.29) is 13.0 Å². The Morgan fingerprint density at radius 3 is 2.74 bits per heavy atom. The van der Waals surface area contributed by atoms with Gasteiger partial charge in [-0.1, -0.05) is 30.3 Å². The molecule has 19 heavy (non-hydrogen) atoms. The van der Waals surface area contributed by atoms with E-state index >= 15 is 0 Å². The largest absolute Gasteiger partial charge is 0.465 e. The third-order valence-corrected chi connectivity index (χ3v) is 3.06. The van der Waals surface area contributed by atoms with Crippen LogP contribution in [0.4, 0.5) is 0 Å². The van der Waals surface area contributed by atoms with Gasteiger partial charge in [0.25, 0.3) is 0 Å². The molecule has 1 aliphatic rings. The van der Waals surface area contributed by atoms with Gasteiger partial charge in [0.15, 0.2) is 5.41 Å². The van der Waals surface area contributed by atoms with E-state index in [0.717, 1.165) is 5.56 Å². The molecule has 0 aliphatic carbocycles. The lowest BCUT2D eigenvalue weighted by molar-refractivity contribution is -0.162. The van der Waals surface area contributed by atoms with Crippen molar-refractivity contribution < 1.29 is 19.1 Å². The first-order valence-electron chi connectivity index (χ1n) is 6.21. The fourth-order valence-corrected chi connectivity index (χ4v) is 1.95. The van der Waals surface area contributed by atoms with Crippen LogP contribution in [0.1, 0.15) is 25.8 Å². The monoisotopic (exact) mass is 260 g/mol. The predicted octanol–water partition coefficient (Wildman–Crippen LogP) is 2.54. The van der Waals surface area contributed by atoms with Crippen molar-refractivity contribution in [2.24, 2.45) is 5.41 Å². The molecule has 0 spiro atoms. The summed E-state index contributed by atoms with van der Waals surface area (Å²) in [5.74, 6) is -0.587. The first kappa shape index (κ1) is 13.3. The number of ether oxygens (including phenoxy) is 2. The molecule has 1 fully saturated rings. The molecule has 0 saturated carbocycles. The van der Waals surface area contributed by atoms with Crippen LogP contribution < -0.4 is 0 Å². The molecule has 1 aromatic rings. The molecule has 2 rings (SSSR count). The number of hydrogen-bond acceptors (Lipinski definition) is 4. The number of esters is 2. The SMILES string of the molecule is CCOC(=O)C1(C)C/C(=C/c2ccccc2)OC1=O. The molecule has 0 radical (unpaired) electrons. The average Bonchev–Trinajstić information content (AvgIpc) is 2.67. The number of rotatable bonds is 3. The molecule has 1 aliphatic heterocycles. The van der Waals surface area contributed by atoms with Crippen molar-refractivity contribution in [3.05, 3.63) is 41.7 Å². The maximum absolute atomic E-state index is 11.8. The van der Waals surface area contributed by atoms with Crippen LogP contribution in [0, 0.1) is 5.41 Å². The predicted molar refractivity (Wildman–Crippen MR) is 69.9 cm³/mol. The smallest absolute Gasteiger partial charge is 0.328 e. The summed E-state index contributed by atoms with van der Waals surface area (Å²) in [6.07, 6.45) is 2.00. The van der Waals surface area contributed by atoms with E-state index in [1.807, 2.05) is 30.3 Å². The Balaban J connectivity index is 2.20. The van der Waals surface area contributed by atoms with Gasteiger partial charge >= 0.3 is 11.9 Å². The Kier molecular flexibility index (Phi) is 3.69. The number of hydrogen-bond donors (Lipinski definition) is 0. The van der Waals surface area contributed by atoms with Crippen LogP contribution in [0.25, 0.3) is 6.08 Å². The Labute approximate surface area is 112 Å². The lowest BCUT2D eigenvalue weighted by Gasteiger charge is -2.15. The van der Waals surface area contributed by atoms with Crippen molar-refractivity contribution in [3.8, 4) is 0 Å². The highest BCUT2D eigenvalue weighted by Crippen LogP contribution is 2.38. The molecular formula is C15H16O4. The summed E-state index contributed by atoms with van der Waals surface area (Å²) in [6.45, 7) is 3.51. The lowest BCUT2D eigenvalue weighted by atomic mass is 9.88. The van der Waals surface area contributed by atoms with E-state index in [4.69, 9.17) is 9.47 Å². The maximum Gasteiger partial charge on any atom is 0.328 e. The highest BCUT2D eigenvalue weighted by Gasteiger charge is 2.50. The quantitative estimate of drug-likeness (QED) is 0.619. The lowest BCUT2D eigenvalue weighted by Crippen LogP contribution is -2.34. The molecule has 1 atom stereocenters. The van der Waals surface area contributed by atoms with Gasteiger partial charge in [-0.3, -0.25) is 9.59 Å². The third kappa shape index (κ3) is 2.67. The van der Waals surface area contributed by atoms with Gasteiger partial charge in [0.2, 0.25) is 0 Å². The minimum absolute atomic E-state index is 0.236. The van der Waals surface area contributed by atoms with Crippen LogP contribution in [-0.2, 0) is 19.1 Å². The van der Waals surface area contributed by atoms with E-state index in [9.17, 15) is 9.59 Å². The van der Waals surface area contributed by atoms with Crippen LogP contribution in [0.5, 0.6) is 0 Å². The molecule has 0 amide bonds. The van der Waals surface area contributed by atoms with Crippen LogP contribution in [0.2, 0.25) is 0 Å². The number of carbonyl (C=O) groups is 2. The van der Waals surface area contributed by atoms with Crippen molar-refractivity contribution in [1.29, 1.82) is 0 Å². The van der Waals surface area contributed by atoms with Crippen LogP contribution in [0.15, 0.2) is 36.1 Å². The van der Waals surface area contributed by atoms with Gasteiger partial charge in [0, 0.05) is 6.42 Å². The van der Waals surface area contributed by atoms with Crippen molar-refractivity contribution in [2.45, 2.75) is 20.3 Å². The minimum atomic E-state index is -1.23. The summed E-state index contributed by atoms with van der Waals surface area (Å²) in [5, 5.41) is 0. The second kappa shape index (κ2) is 5.26. The molecule has 0 N–H and O–H groups in total. The van der Waals surface area contributed by atoms with E-state index in [0.29, 0.717) is 5.76 Å². The second-order valence-corrected chi connectivity index (χ2v) is 4.64. The van der Waals surface area contributed by atoms with E-state index in [1.54, 1.807) is 19.9 Å². The van der Waals surface area contributed by atoms with Crippen molar-refractivity contribution >= 4 is 18.0 Å². The number of benzene rings is 1. The highest BCUT2D eigenvalue weighted by molar-refractivity contribution is 6.02. The zero-order chi connectivity index (χ0) is 13.9. The van der Waals surface area contributed by atoms with Crippen molar-refractivity contribution in [1.82, 2.24) is 0 Å². The molecule has 4 nitrogen and oxygen atoms in total. The number of cyclic esters (lactones) is 1. The first-order chi connectivity index (χ1) is 9.06. The summed E-state index contributed by atoms with van der Waals surface area (Å²) in [4.78, 5) is 23.7. The second-order valence-electron chi connectivity index (χ2n) is 4.64. The molecular weight excluding hydrogens is 244 g/mol. The molecule has 1 saturated heterocycles. The van der Waals surface area contributed by atoms with Gasteiger partial charge in [0.1, 0.15) is 5.76 Å². The summed E-state index contributed by atoms with van der Waals surface area (Å²) < 4.78 is 10.1. The van der Waals surface area contributed by atoms with Crippen molar-refractivity contribution in [2.75, 3.05) is 6.61 Å². The standard InChI is InChI=1S/C15H16O4/c1-3-18-13(16)15(2)10-12(19-14(15)17)9-11-7-5-4-6-8-11/h4-9H,3,10H2,1-2H3/b12-9-. The molecule has 1 aromatic carbocycles. The van der Waals surface area contributed by atoms with Gasteiger partial charge in [-0.05, 0) is 25.5 Å². The van der Waals surface area contributed by atoms with Gasteiger partial charge < -0.3 is 9.47 Å². The minimum Gasteiger partial charge on any atom is -0.465 e. The summed E-state index contributed by atoms with van der Waals surface area (Å²) in [7, 11) is 0. The Morgan fingerprint density at radius 2 is 2.11 bits per heavy atom. The molecule has 1 unspecified atom stereocenters. The van der Waals surface area contributed by atoms with Crippen molar-refractivity contribution in [3.63, 3.8) is 0 Å². The topological polar surface area (TPSA) is 52.6 Å². The Morgan fingerprint density at radius 1 is 1.42 bits per heavy atom. The molecule has 100 valence electrons. The zero-order valence-electron chi connectivity index (χ0n) is 11.0. The van der Waals surface area contributed by atoms with Gasteiger partial charge in [-0.2, -0.15) is 0 Å². The molecule has 1 heterocycles. The van der Waals surface area contributed by atoms with Gasteiger partial charge in [-0.15, -0.1) is 0 Å². The van der Waals surface area contributed by atoms with Crippen LogP contribution in [-0.4, -0.2) is 18.5 Å².